The van der Waals surface area contributed by atoms with Crippen molar-refractivity contribution in [2.24, 2.45) is 0 Å². The molecular weight excluding hydrogens is 250 g/mol. The van der Waals surface area contributed by atoms with E-state index < -0.39 is 0 Å². The molecule has 2 rings (SSSR count). The number of nitrogens with zero attached hydrogens (tertiary/aromatic N) is 1. The van der Waals surface area contributed by atoms with Gasteiger partial charge in [0, 0.05) is 17.8 Å². The Balaban J connectivity index is 2.04. The van der Waals surface area contributed by atoms with Crippen LogP contribution < -0.4 is 11.1 Å². The lowest BCUT2D eigenvalue weighted by atomic mass is 10.1. The highest BCUT2D eigenvalue weighted by Crippen LogP contribution is 2.12. The number of hydrogen-bond donors (Lipinski definition) is 2. The SMILES string of the molecule is Cc1ccc(N)cc1C(=O)NCc1ccc(C#N)cc1. The molecule has 20 heavy (non-hydrogen) atoms. The minimum Gasteiger partial charge on any atom is -0.399 e. The molecule has 0 saturated carbocycles. The van der Waals surface area contributed by atoms with Crippen molar-refractivity contribution in [2.75, 3.05) is 5.73 Å². The number of anilines is 1. The van der Waals surface area contributed by atoms with Crippen LogP contribution in [-0.2, 0) is 6.54 Å². The molecule has 0 aliphatic carbocycles. The van der Waals surface area contributed by atoms with Crippen LogP contribution >= 0.6 is 0 Å². The Kier molecular flexibility index (Phi) is 4.02. The monoisotopic (exact) mass is 265 g/mol. The standard InChI is InChI=1S/C16H15N3O/c1-11-2-7-14(18)8-15(11)16(20)19-10-13-5-3-12(9-17)4-6-13/h2-8H,10,18H2,1H3,(H,19,20). The van der Waals surface area contributed by atoms with Gasteiger partial charge in [0.25, 0.3) is 5.91 Å². The van der Waals surface area contributed by atoms with Crippen molar-refractivity contribution in [3.05, 3.63) is 64.7 Å². The van der Waals surface area contributed by atoms with Crippen molar-refractivity contribution in [3.63, 3.8) is 0 Å². The van der Waals surface area contributed by atoms with Crippen LogP contribution in [0.1, 0.15) is 27.0 Å². The van der Waals surface area contributed by atoms with E-state index in [4.69, 9.17) is 11.0 Å². The predicted octanol–water partition coefficient (Wildman–Crippen LogP) is 2.38. The van der Waals surface area contributed by atoms with Gasteiger partial charge >= 0.3 is 0 Å². The van der Waals surface area contributed by atoms with Crippen molar-refractivity contribution in [2.45, 2.75) is 13.5 Å². The van der Waals surface area contributed by atoms with E-state index in [2.05, 4.69) is 11.4 Å². The number of nitrogen functional groups attached to an aromatic ring is 1. The van der Waals surface area contributed by atoms with E-state index in [1.165, 1.54) is 0 Å². The molecule has 0 fully saturated rings. The summed E-state index contributed by atoms with van der Waals surface area (Å²) in [5.41, 5.74) is 9.28. The minimum atomic E-state index is -0.154. The van der Waals surface area contributed by atoms with Crippen LogP contribution in [0.25, 0.3) is 0 Å². The third kappa shape index (κ3) is 3.15. The van der Waals surface area contributed by atoms with Crippen LogP contribution in [0, 0.1) is 18.3 Å². The highest BCUT2D eigenvalue weighted by Gasteiger charge is 2.08. The second kappa shape index (κ2) is 5.89. The highest BCUT2D eigenvalue weighted by molar-refractivity contribution is 5.96. The fourth-order valence-electron chi connectivity index (χ4n) is 1.86. The van der Waals surface area contributed by atoms with E-state index in [0.717, 1.165) is 11.1 Å². The van der Waals surface area contributed by atoms with Crippen LogP contribution in [-0.4, -0.2) is 5.91 Å². The van der Waals surface area contributed by atoms with Crippen molar-refractivity contribution in [1.29, 1.82) is 5.26 Å². The summed E-state index contributed by atoms with van der Waals surface area (Å²) in [5, 5.41) is 11.6. The molecule has 0 heterocycles. The molecular formula is C16H15N3O. The fraction of sp³-hybridized carbons (Fsp3) is 0.125. The number of carbonyl (C=O) groups is 1. The Labute approximate surface area is 117 Å². The summed E-state index contributed by atoms with van der Waals surface area (Å²) in [5.74, 6) is -0.154. The molecule has 2 aromatic carbocycles. The van der Waals surface area contributed by atoms with E-state index in [0.29, 0.717) is 23.4 Å². The second-order valence-electron chi connectivity index (χ2n) is 4.57. The van der Waals surface area contributed by atoms with Crippen molar-refractivity contribution in [3.8, 4) is 6.07 Å². The Morgan fingerprint density at radius 1 is 1.25 bits per heavy atom. The van der Waals surface area contributed by atoms with Gasteiger partial charge in [-0.2, -0.15) is 5.26 Å². The number of hydrogen-bond acceptors (Lipinski definition) is 3. The van der Waals surface area contributed by atoms with Crippen LogP contribution in [0.3, 0.4) is 0 Å². The molecule has 0 spiro atoms. The van der Waals surface area contributed by atoms with Gasteiger partial charge in [-0.3, -0.25) is 4.79 Å². The van der Waals surface area contributed by atoms with Crippen molar-refractivity contribution < 1.29 is 4.79 Å². The molecule has 2 aromatic rings. The second-order valence-corrected chi connectivity index (χ2v) is 4.57. The summed E-state index contributed by atoms with van der Waals surface area (Å²) in [6, 6.07) is 14.4. The third-order valence-corrected chi connectivity index (χ3v) is 3.04. The van der Waals surface area contributed by atoms with Gasteiger partial charge in [0.2, 0.25) is 0 Å². The van der Waals surface area contributed by atoms with E-state index in [1.807, 2.05) is 25.1 Å². The van der Waals surface area contributed by atoms with Gasteiger partial charge < -0.3 is 11.1 Å². The molecule has 4 heteroatoms. The molecule has 100 valence electrons. The number of carbonyl (C=O) groups excluding carboxylic acids is 1. The van der Waals surface area contributed by atoms with E-state index in [1.54, 1.807) is 24.3 Å². The predicted molar refractivity (Wildman–Crippen MR) is 77.9 cm³/mol. The first-order valence-electron chi connectivity index (χ1n) is 6.23. The molecule has 4 nitrogen and oxygen atoms in total. The van der Waals surface area contributed by atoms with Crippen LogP contribution in [0.2, 0.25) is 0 Å². The van der Waals surface area contributed by atoms with Crippen LogP contribution in [0.15, 0.2) is 42.5 Å². The first-order valence-corrected chi connectivity index (χ1v) is 6.23. The topological polar surface area (TPSA) is 78.9 Å². The van der Waals surface area contributed by atoms with Gasteiger partial charge in [-0.1, -0.05) is 18.2 Å². The zero-order valence-electron chi connectivity index (χ0n) is 11.2. The summed E-state index contributed by atoms with van der Waals surface area (Å²) in [4.78, 5) is 12.1. The van der Waals surface area contributed by atoms with Gasteiger partial charge in [0.05, 0.1) is 11.6 Å². The van der Waals surface area contributed by atoms with E-state index in [9.17, 15) is 4.79 Å². The molecule has 3 N–H and O–H groups in total. The lowest BCUT2D eigenvalue weighted by Gasteiger charge is -2.08. The molecule has 0 aromatic heterocycles. The van der Waals surface area contributed by atoms with Gasteiger partial charge in [0.15, 0.2) is 0 Å². The lowest BCUT2D eigenvalue weighted by Crippen LogP contribution is -2.23. The third-order valence-electron chi connectivity index (χ3n) is 3.04. The first kappa shape index (κ1) is 13.6. The number of nitriles is 1. The van der Waals surface area contributed by atoms with Crippen LogP contribution in [0.4, 0.5) is 5.69 Å². The molecule has 0 saturated heterocycles. The average Bonchev–Trinajstić information content (AvgIpc) is 2.47. The van der Waals surface area contributed by atoms with Gasteiger partial charge in [0.1, 0.15) is 0 Å². The Morgan fingerprint density at radius 2 is 1.95 bits per heavy atom. The van der Waals surface area contributed by atoms with E-state index in [-0.39, 0.29) is 5.91 Å². The van der Waals surface area contributed by atoms with Gasteiger partial charge in [-0.05, 0) is 42.3 Å². The fourth-order valence-corrected chi connectivity index (χ4v) is 1.86. The maximum atomic E-state index is 12.1. The maximum absolute atomic E-state index is 12.1. The largest absolute Gasteiger partial charge is 0.399 e. The Bertz CT molecular complexity index is 669. The molecule has 0 unspecified atom stereocenters. The van der Waals surface area contributed by atoms with Crippen molar-refractivity contribution in [1.82, 2.24) is 5.32 Å². The Morgan fingerprint density at radius 3 is 2.60 bits per heavy atom. The first-order chi connectivity index (χ1) is 9.60. The quantitative estimate of drug-likeness (QED) is 0.836. The van der Waals surface area contributed by atoms with Crippen LogP contribution in [0.5, 0.6) is 0 Å². The summed E-state index contributed by atoms with van der Waals surface area (Å²) in [6.07, 6.45) is 0. The van der Waals surface area contributed by atoms with Gasteiger partial charge in [-0.15, -0.1) is 0 Å². The van der Waals surface area contributed by atoms with E-state index >= 15 is 0 Å². The summed E-state index contributed by atoms with van der Waals surface area (Å²) < 4.78 is 0. The molecule has 0 bridgehead atoms. The number of nitrogens with one attached hydrogen (secondary N) is 1. The highest BCUT2D eigenvalue weighted by atomic mass is 16.1. The number of benzene rings is 2. The number of aryl methyl sites for hydroxylation is 1. The smallest absolute Gasteiger partial charge is 0.251 e. The Hall–Kier alpha value is -2.80. The maximum Gasteiger partial charge on any atom is 0.251 e. The lowest BCUT2D eigenvalue weighted by molar-refractivity contribution is 0.0950. The summed E-state index contributed by atoms with van der Waals surface area (Å²) >= 11 is 0. The number of nitrogens with two attached hydrogens (primary N) is 1. The zero-order chi connectivity index (χ0) is 14.5. The number of amides is 1. The number of rotatable bonds is 3. The zero-order valence-corrected chi connectivity index (χ0v) is 11.2. The molecule has 1 amide bonds. The van der Waals surface area contributed by atoms with Crippen molar-refractivity contribution >= 4 is 11.6 Å². The average molecular weight is 265 g/mol. The normalized spacial score (nSPS) is 9.80. The summed E-state index contributed by atoms with van der Waals surface area (Å²) in [6.45, 7) is 2.29. The van der Waals surface area contributed by atoms with Gasteiger partial charge in [-0.25, -0.2) is 0 Å². The molecule has 0 aliphatic heterocycles. The molecule has 0 radical (unpaired) electrons. The molecule has 0 aliphatic rings. The minimum absolute atomic E-state index is 0.154. The summed E-state index contributed by atoms with van der Waals surface area (Å²) in [7, 11) is 0. The molecule has 0 atom stereocenters.